The van der Waals surface area contributed by atoms with Crippen LogP contribution in [0.4, 0.5) is 5.69 Å². The van der Waals surface area contributed by atoms with Crippen molar-refractivity contribution in [3.05, 3.63) is 71.3 Å². The van der Waals surface area contributed by atoms with Gasteiger partial charge < -0.3 is 5.32 Å². The van der Waals surface area contributed by atoms with Crippen molar-refractivity contribution in [1.82, 2.24) is 5.32 Å². The monoisotopic (exact) mass is 410 g/mol. The Balaban J connectivity index is 1.44. The average Bonchev–Trinajstić information content (AvgIpc) is 3.19. The van der Waals surface area contributed by atoms with Gasteiger partial charge in [-0.25, -0.2) is 8.42 Å². The molecule has 6 heteroatoms. The minimum Gasteiger partial charge on any atom is -0.352 e. The molecular weight excluding hydrogens is 384 g/mol. The van der Waals surface area contributed by atoms with Gasteiger partial charge in [-0.15, -0.1) is 0 Å². The van der Waals surface area contributed by atoms with Crippen LogP contribution in [-0.4, -0.2) is 27.4 Å². The molecule has 2 aliphatic rings. The number of nitrogens with zero attached hydrogens (tertiary/aromatic N) is 1. The third kappa shape index (κ3) is 4.22. The first-order valence-electron chi connectivity index (χ1n) is 10.2. The van der Waals surface area contributed by atoms with Gasteiger partial charge in [0.25, 0.3) is 15.9 Å². The van der Waals surface area contributed by atoms with Crippen molar-refractivity contribution in [1.29, 1.82) is 0 Å². The van der Waals surface area contributed by atoms with Crippen LogP contribution in [0.25, 0.3) is 0 Å². The number of sulfonamides is 1. The van der Waals surface area contributed by atoms with E-state index in [1.54, 1.807) is 42.5 Å². The number of rotatable bonds is 6. The normalized spacial score (nSPS) is 16.3. The lowest BCUT2D eigenvalue weighted by Gasteiger charge is -2.19. The highest BCUT2D eigenvalue weighted by molar-refractivity contribution is 7.92. The van der Waals surface area contributed by atoms with Gasteiger partial charge in [-0.2, -0.15) is 0 Å². The SMILES string of the molecule is O=C(NCCC1=CCCCC1)c1ccc2c(c1)CCN2S(=O)(=O)c1ccccc1. The van der Waals surface area contributed by atoms with E-state index in [0.29, 0.717) is 30.8 Å². The highest BCUT2D eigenvalue weighted by atomic mass is 32.2. The van der Waals surface area contributed by atoms with Crippen LogP contribution < -0.4 is 9.62 Å². The van der Waals surface area contributed by atoms with E-state index < -0.39 is 10.0 Å². The molecule has 152 valence electrons. The number of amides is 1. The molecule has 4 rings (SSSR count). The second-order valence-electron chi connectivity index (χ2n) is 7.60. The summed E-state index contributed by atoms with van der Waals surface area (Å²) < 4.78 is 27.3. The van der Waals surface area contributed by atoms with Crippen LogP contribution in [0, 0.1) is 0 Å². The summed E-state index contributed by atoms with van der Waals surface area (Å²) in [5.41, 5.74) is 3.58. The summed E-state index contributed by atoms with van der Waals surface area (Å²) in [5.74, 6) is -0.103. The second-order valence-corrected chi connectivity index (χ2v) is 9.46. The van der Waals surface area contributed by atoms with Crippen LogP contribution >= 0.6 is 0 Å². The molecule has 5 nitrogen and oxygen atoms in total. The maximum atomic E-state index is 12.9. The topological polar surface area (TPSA) is 66.5 Å². The van der Waals surface area contributed by atoms with Crippen molar-refractivity contribution in [2.75, 3.05) is 17.4 Å². The molecule has 1 aliphatic carbocycles. The fourth-order valence-corrected chi connectivity index (χ4v) is 5.58. The lowest BCUT2D eigenvalue weighted by Crippen LogP contribution is -2.29. The van der Waals surface area contributed by atoms with Crippen LogP contribution in [-0.2, 0) is 16.4 Å². The van der Waals surface area contributed by atoms with E-state index in [-0.39, 0.29) is 10.8 Å². The smallest absolute Gasteiger partial charge is 0.264 e. The average molecular weight is 411 g/mol. The Morgan fingerprint density at radius 3 is 2.62 bits per heavy atom. The first kappa shape index (κ1) is 19.7. The molecule has 0 fully saturated rings. The Bertz CT molecular complexity index is 1030. The van der Waals surface area contributed by atoms with Crippen LogP contribution in [0.5, 0.6) is 0 Å². The molecule has 1 N–H and O–H groups in total. The minimum absolute atomic E-state index is 0.103. The molecule has 1 aliphatic heterocycles. The van der Waals surface area contributed by atoms with E-state index in [0.717, 1.165) is 24.8 Å². The zero-order chi connectivity index (χ0) is 20.3. The molecule has 29 heavy (non-hydrogen) atoms. The maximum Gasteiger partial charge on any atom is 0.264 e. The number of benzene rings is 2. The molecule has 0 atom stereocenters. The lowest BCUT2D eigenvalue weighted by atomic mass is 9.97. The van der Waals surface area contributed by atoms with Gasteiger partial charge in [0.05, 0.1) is 10.6 Å². The van der Waals surface area contributed by atoms with Gasteiger partial charge in [-0.3, -0.25) is 9.10 Å². The fraction of sp³-hybridized carbons (Fsp3) is 0.348. The molecule has 2 aromatic carbocycles. The zero-order valence-corrected chi connectivity index (χ0v) is 17.2. The van der Waals surface area contributed by atoms with E-state index in [2.05, 4.69) is 11.4 Å². The Morgan fingerprint density at radius 2 is 1.86 bits per heavy atom. The van der Waals surface area contributed by atoms with E-state index in [4.69, 9.17) is 0 Å². The number of hydrogen-bond donors (Lipinski definition) is 1. The number of carbonyl (C=O) groups is 1. The molecule has 0 radical (unpaired) electrons. The third-order valence-electron chi connectivity index (χ3n) is 5.64. The van der Waals surface area contributed by atoms with Gasteiger partial charge in [0.1, 0.15) is 0 Å². The number of fused-ring (bicyclic) bond motifs is 1. The molecule has 0 aromatic heterocycles. The second kappa shape index (κ2) is 8.41. The van der Waals surface area contributed by atoms with Crippen LogP contribution in [0.15, 0.2) is 65.1 Å². The number of carbonyl (C=O) groups excluding carboxylic acids is 1. The Hall–Kier alpha value is -2.60. The van der Waals surface area contributed by atoms with Crippen molar-refractivity contribution in [3.8, 4) is 0 Å². The van der Waals surface area contributed by atoms with Gasteiger partial charge >= 0.3 is 0 Å². The van der Waals surface area contributed by atoms with E-state index >= 15 is 0 Å². The molecule has 0 saturated heterocycles. The predicted molar refractivity (Wildman–Crippen MR) is 115 cm³/mol. The molecular formula is C23H26N2O3S. The molecule has 0 spiro atoms. The summed E-state index contributed by atoms with van der Waals surface area (Å²) in [6.45, 7) is 1.03. The molecule has 0 saturated carbocycles. The highest BCUT2D eigenvalue weighted by Gasteiger charge is 2.31. The molecule has 0 unspecified atom stereocenters. The molecule has 2 aromatic rings. The summed E-state index contributed by atoms with van der Waals surface area (Å²) in [4.78, 5) is 12.8. The minimum atomic E-state index is -3.59. The lowest BCUT2D eigenvalue weighted by molar-refractivity contribution is 0.0954. The summed E-state index contributed by atoms with van der Waals surface area (Å²) in [7, 11) is -3.59. The zero-order valence-electron chi connectivity index (χ0n) is 16.4. The van der Waals surface area contributed by atoms with Crippen LogP contribution in [0.3, 0.4) is 0 Å². The van der Waals surface area contributed by atoms with Crippen molar-refractivity contribution in [3.63, 3.8) is 0 Å². The molecule has 1 amide bonds. The highest BCUT2D eigenvalue weighted by Crippen LogP contribution is 2.33. The van der Waals surface area contributed by atoms with Crippen LogP contribution in [0.2, 0.25) is 0 Å². The third-order valence-corrected chi connectivity index (χ3v) is 7.47. The van der Waals surface area contributed by atoms with Gasteiger partial charge in [0, 0.05) is 18.7 Å². The Kier molecular flexibility index (Phi) is 5.72. The van der Waals surface area contributed by atoms with Gasteiger partial charge in [-0.05, 0) is 74.4 Å². The number of allylic oxidation sites excluding steroid dienone is 1. The number of hydrogen-bond acceptors (Lipinski definition) is 3. The predicted octanol–water partition coefficient (Wildman–Crippen LogP) is 4.06. The molecule has 0 bridgehead atoms. The van der Waals surface area contributed by atoms with Gasteiger partial charge in [0.2, 0.25) is 0 Å². The van der Waals surface area contributed by atoms with E-state index in [1.165, 1.54) is 22.7 Å². The van der Waals surface area contributed by atoms with E-state index in [1.807, 2.05) is 6.07 Å². The quantitative estimate of drug-likeness (QED) is 0.731. The first-order chi connectivity index (χ1) is 14.1. The Morgan fingerprint density at radius 1 is 1.03 bits per heavy atom. The summed E-state index contributed by atoms with van der Waals surface area (Å²) >= 11 is 0. The van der Waals surface area contributed by atoms with Gasteiger partial charge in [0.15, 0.2) is 0 Å². The van der Waals surface area contributed by atoms with Crippen molar-refractivity contribution in [2.24, 2.45) is 0 Å². The number of nitrogens with one attached hydrogen (secondary N) is 1. The van der Waals surface area contributed by atoms with Crippen molar-refractivity contribution < 1.29 is 13.2 Å². The summed E-state index contributed by atoms with van der Waals surface area (Å²) in [6.07, 6.45) is 8.61. The molecule has 1 heterocycles. The van der Waals surface area contributed by atoms with Crippen molar-refractivity contribution >= 4 is 21.6 Å². The van der Waals surface area contributed by atoms with Gasteiger partial charge in [-0.1, -0.05) is 29.8 Å². The number of anilines is 1. The fourth-order valence-electron chi connectivity index (χ4n) is 4.05. The Labute approximate surface area is 172 Å². The summed E-state index contributed by atoms with van der Waals surface area (Å²) in [6, 6.07) is 13.8. The largest absolute Gasteiger partial charge is 0.352 e. The standard InChI is InChI=1S/C23H26N2O3S/c26-23(24-15-13-18-7-3-1-4-8-18)20-11-12-22-19(17-20)14-16-25(22)29(27,28)21-9-5-2-6-10-21/h2,5-7,9-12,17H,1,3-4,8,13-16H2,(H,24,26). The first-order valence-corrected chi connectivity index (χ1v) is 11.7. The maximum absolute atomic E-state index is 12.9. The van der Waals surface area contributed by atoms with E-state index in [9.17, 15) is 13.2 Å². The van der Waals surface area contributed by atoms with Crippen LogP contribution in [0.1, 0.15) is 48.0 Å². The van der Waals surface area contributed by atoms with Crippen molar-refractivity contribution in [2.45, 2.75) is 43.4 Å². The summed E-state index contributed by atoms with van der Waals surface area (Å²) in [5, 5.41) is 2.99.